The molecule has 326 valence electrons. The Morgan fingerprint density at radius 3 is 1.97 bits per heavy atom. The number of amides is 4. The van der Waals surface area contributed by atoms with Crippen molar-refractivity contribution in [3.8, 4) is 11.5 Å². The quantitative estimate of drug-likeness (QED) is 0.0849. The van der Waals surface area contributed by atoms with Gasteiger partial charge in [0.05, 0.1) is 51.6 Å². The number of hydrogen-bond donors (Lipinski definition) is 3. The number of benzene rings is 5. The van der Waals surface area contributed by atoms with Crippen LogP contribution in [0.3, 0.4) is 0 Å². The van der Waals surface area contributed by atoms with Crippen LogP contribution in [0.5, 0.6) is 11.5 Å². The largest absolute Gasteiger partial charge is 0.497 e. The molecule has 0 aliphatic carbocycles. The molecule has 5 atom stereocenters. The number of ether oxygens (including phenoxy) is 3. The van der Waals surface area contributed by atoms with E-state index in [1.165, 1.54) is 0 Å². The maximum Gasteiger partial charge on any atom is 0.264 e. The fraction of sp³-hybridized carbons (Fsp3) is 0.306. The molecule has 12 nitrogen and oxygen atoms in total. The fourth-order valence-corrected chi connectivity index (χ4v) is 12.1. The van der Waals surface area contributed by atoms with E-state index in [-0.39, 0.29) is 37.3 Å². The Hall–Kier alpha value is -6.35. The van der Waals surface area contributed by atoms with Crippen molar-refractivity contribution in [1.82, 2.24) is 4.90 Å². The molecule has 5 aromatic carbocycles. The van der Waals surface area contributed by atoms with Crippen LogP contribution < -0.4 is 25.0 Å². The van der Waals surface area contributed by atoms with E-state index in [4.69, 9.17) is 14.2 Å². The molecular weight excluding hydrogens is 820 g/mol. The van der Waals surface area contributed by atoms with E-state index in [2.05, 4.69) is 10.6 Å². The number of halogens is 1. The normalized spacial score (nSPS) is 21.5. The van der Waals surface area contributed by atoms with Crippen LogP contribution in [0.25, 0.3) is 0 Å². The molecule has 0 aromatic heterocycles. The van der Waals surface area contributed by atoms with Crippen molar-refractivity contribution in [3.63, 3.8) is 0 Å². The second-order valence-electron chi connectivity index (χ2n) is 17.0. The zero-order valence-electron chi connectivity index (χ0n) is 35.9. The summed E-state index contributed by atoms with van der Waals surface area (Å²) in [5, 5.41) is 16.3. The SMILES string of the molecule is COc1ccc(C(=O)Nc2ccc(CN3C(=O)[C@]4(O[C@H](CC(=O)N5Cc6ccccc6C[C@H]5CO)[C@@H]([Si](C)(C)F)[C@@H]4C)c4cc(NC(=O)c5ccc(OC)cc5)ccc43)cc2)cc1. The molecule has 63 heavy (non-hydrogen) atoms. The Labute approximate surface area is 367 Å². The number of carbonyl (C=O) groups excluding carboxylic acids is 4. The molecule has 0 radical (unpaired) electrons. The van der Waals surface area contributed by atoms with Gasteiger partial charge in [0.2, 0.25) is 14.3 Å². The number of aliphatic hydroxyl groups is 1. The summed E-state index contributed by atoms with van der Waals surface area (Å²) in [6.45, 7) is 5.17. The lowest BCUT2D eigenvalue weighted by Gasteiger charge is -2.37. The van der Waals surface area contributed by atoms with Gasteiger partial charge in [-0.2, -0.15) is 0 Å². The number of fused-ring (bicyclic) bond motifs is 3. The third kappa shape index (κ3) is 8.33. The molecular formula is C49H51FN4O8Si. The Balaban J connectivity index is 1.11. The number of carbonyl (C=O) groups is 4. The highest BCUT2D eigenvalue weighted by molar-refractivity contribution is 6.72. The second kappa shape index (κ2) is 17.4. The summed E-state index contributed by atoms with van der Waals surface area (Å²) in [4.78, 5) is 59.4. The molecule has 4 amide bonds. The lowest BCUT2D eigenvalue weighted by molar-refractivity contribution is -0.151. The maximum absolute atomic E-state index is 16.8. The van der Waals surface area contributed by atoms with Gasteiger partial charge in [-0.1, -0.05) is 43.3 Å². The van der Waals surface area contributed by atoms with Crippen LogP contribution in [-0.4, -0.2) is 75.0 Å². The van der Waals surface area contributed by atoms with Gasteiger partial charge in [-0.3, -0.25) is 19.2 Å². The number of rotatable bonds is 12. The highest BCUT2D eigenvalue weighted by Crippen LogP contribution is 2.60. The zero-order valence-corrected chi connectivity index (χ0v) is 36.9. The zero-order chi connectivity index (χ0) is 44.6. The summed E-state index contributed by atoms with van der Waals surface area (Å²) in [5.41, 5.74) is 3.15. The van der Waals surface area contributed by atoms with Gasteiger partial charge in [0.1, 0.15) is 11.5 Å². The maximum atomic E-state index is 16.8. The van der Waals surface area contributed by atoms with Crippen LogP contribution >= 0.6 is 0 Å². The first-order valence-electron chi connectivity index (χ1n) is 21.0. The molecule has 1 saturated heterocycles. The van der Waals surface area contributed by atoms with E-state index in [9.17, 15) is 19.5 Å². The minimum atomic E-state index is -3.67. The number of hydrogen-bond acceptors (Lipinski definition) is 8. The van der Waals surface area contributed by atoms with Gasteiger partial charge in [0, 0.05) is 46.1 Å². The molecule has 5 aromatic rings. The lowest BCUT2D eigenvalue weighted by Crippen LogP contribution is -2.48. The van der Waals surface area contributed by atoms with Crippen LogP contribution in [0.2, 0.25) is 18.6 Å². The van der Waals surface area contributed by atoms with E-state index in [1.54, 1.807) is 116 Å². The van der Waals surface area contributed by atoms with Crippen LogP contribution in [0.15, 0.2) is 115 Å². The molecule has 3 N–H and O–H groups in total. The van der Waals surface area contributed by atoms with E-state index in [0.29, 0.717) is 58.2 Å². The van der Waals surface area contributed by atoms with Crippen molar-refractivity contribution in [2.24, 2.45) is 5.92 Å². The van der Waals surface area contributed by atoms with Gasteiger partial charge >= 0.3 is 0 Å². The highest BCUT2D eigenvalue weighted by atomic mass is 28.4. The number of nitrogens with one attached hydrogen (secondary N) is 2. The third-order valence-electron chi connectivity index (χ3n) is 12.7. The summed E-state index contributed by atoms with van der Waals surface area (Å²) >= 11 is 0. The van der Waals surface area contributed by atoms with Gasteiger partial charge in [-0.05, 0) is 115 Å². The summed E-state index contributed by atoms with van der Waals surface area (Å²) in [7, 11) is -0.568. The first-order chi connectivity index (χ1) is 30.2. The van der Waals surface area contributed by atoms with Crippen molar-refractivity contribution >= 4 is 49.1 Å². The van der Waals surface area contributed by atoms with Gasteiger partial charge in [-0.15, -0.1) is 0 Å². The Morgan fingerprint density at radius 2 is 1.40 bits per heavy atom. The number of nitrogens with zero attached hydrogens (tertiary/aromatic N) is 2. The molecule has 3 heterocycles. The van der Waals surface area contributed by atoms with Gasteiger partial charge in [0.15, 0.2) is 5.60 Å². The minimum absolute atomic E-state index is 0.115. The van der Waals surface area contributed by atoms with Crippen LogP contribution in [0, 0.1) is 5.92 Å². The first-order valence-corrected chi connectivity index (χ1v) is 24.0. The van der Waals surface area contributed by atoms with Crippen molar-refractivity contribution < 1.29 is 42.6 Å². The van der Waals surface area contributed by atoms with E-state index in [0.717, 1.165) is 16.7 Å². The van der Waals surface area contributed by atoms with E-state index < -0.39 is 43.5 Å². The summed E-state index contributed by atoms with van der Waals surface area (Å²) in [5.74, 6) is -0.842. The molecule has 0 saturated carbocycles. The van der Waals surface area contributed by atoms with Crippen LogP contribution in [-0.2, 0) is 39.4 Å². The highest BCUT2D eigenvalue weighted by Gasteiger charge is 2.67. The van der Waals surface area contributed by atoms with Crippen molar-refractivity contribution in [2.45, 2.75) is 69.2 Å². The first kappa shape index (κ1) is 43.3. The lowest BCUT2D eigenvalue weighted by atomic mass is 9.82. The summed E-state index contributed by atoms with van der Waals surface area (Å²) < 4.78 is 34.3. The van der Waals surface area contributed by atoms with Crippen molar-refractivity contribution in [3.05, 3.63) is 149 Å². The summed E-state index contributed by atoms with van der Waals surface area (Å²) in [6.07, 6.45) is -0.659. The van der Waals surface area contributed by atoms with Gasteiger partial charge in [-0.25, -0.2) is 0 Å². The minimum Gasteiger partial charge on any atom is -0.497 e. The second-order valence-corrected chi connectivity index (χ2v) is 20.8. The van der Waals surface area contributed by atoms with Crippen molar-refractivity contribution in [2.75, 3.05) is 36.4 Å². The predicted molar refractivity (Wildman–Crippen MR) is 240 cm³/mol. The van der Waals surface area contributed by atoms with E-state index >= 15 is 8.90 Å². The molecule has 8 rings (SSSR count). The predicted octanol–water partition coefficient (Wildman–Crippen LogP) is 7.87. The van der Waals surface area contributed by atoms with Gasteiger partial charge < -0.3 is 43.9 Å². The van der Waals surface area contributed by atoms with Crippen molar-refractivity contribution in [1.29, 1.82) is 0 Å². The van der Waals surface area contributed by atoms with Crippen LogP contribution in [0.4, 0.5) is 21.2 Å². The molecule has 1 spiro atoms. The Kier molecular flexibility index (Phi) is 12.0. The molecule has 0 bridgehead atoms. The molecule has 3 aliphatic heterocycles. The summed E-state index contributed by atoms with van der Waals surface area (Å²) in [6, 6.07) is 33.1. The molecule has 14 heteroatoms. The Morgan fingerprint density at radius 1 is 0.825 bits per heavy atom. The number of methoxy groups -OCH3 is 2. The van der Waals surface area contributed by atoms with E-state index in [1.807, 2.05) is 43.3 Å². The standard InChI is InChI=1S/C49H51FN4O8Si/c1-30-45(63(4,5)50)43(26-44(56)53-28-35-9-7-6-8-34(35)24-38(53)29-55)62-49(30)41-25-37(52-47(58)33-14-21-40(61-3)22-15-33)18-23-42(41)54(48(49)59)27-31-10-16-36(17-11-31)51-46(57)32-12-19-39(60-2)20-13-32/h6-23,25,30,38,43,45,55H,24,26-29H2,1-5H3,(H,51,57)(H,52,58)/t30-,38-,43+,45-,49+/m0/s1. The van der Waals surface area contributed by atoms with Crippen LogP contribution in [0.1, 0.15) is 56.3 Å². The average Bonchev–Trinajstić information content (AvgIpc) is 3.71. The van der Waals surface area contributed by atoms with Gasteiger partial charge in [0.25, 0.3) is 17.7 Å². The molecule has 1 fully saturated rings. The monoisotopic (exact) mass is 870 g/mol. The molecule has 3 aliphatic rings. The number of aliphatic hydroxyl groups excluding tert-OH is 1. The topological polar surface area (TPSA) is 147 Å². The third-order valence-corrected chi connectivity index (χ3v) is 15.2. The smallest absolute Gasteiger partial charge is 0.264 e. The average molecular weight is 871 g/mol. The fourth-order valence-electron chi connectivity index (χ4n) is 9.58. The number of anilines is 3. The Bertz CT molecular complexity index is 2530. The molecule has 0 unspecified atom stereocenters.